The molecule has 0 bridgehead atoms. The second kappa shape index (κ2) is 5.49. The quantitative estimate of drug-likeness (QED) is 0.729. The molecular formula is C12H20N2O3. The van der Waals surface area contributed by atoms with Crippen LogP contribution >= 0.6 is 0 Å². The van der Waals surface area contributed by atoms with Crippen LogP contribution in [0.3, 0.4) is 0 Å². The van der Waals surface area contributed by atoms with Crippen LogP contribution in [-0.2, 0) is 9.59 Å². The van der Waals surface area contributed by atoms with E-state index in [-0.39, 0.29) is 11.8 Å². The molecule has 2 aliphatic rings. The van der Waals surface area contributed by atoms with Gasteiger partial charge in [-0.2, -0.15) is 0 Å². The van der Waals surface area contributed by atoms with Gasteiger partial charge in [-0.25, -0.2) is 0 Å². The number of hydrogen-bond donors (Lipinski definition) is 2. The van der Waals surface area contributed by atoms with Crippen LogP contribution in [0, 0.1) is 11.8 Å². The molecule has 1 aliphatic heterocycles. The Morgan fingerprint density at radius 2 is 1.82 bits per heavy atom. The molecule has 2 rings (SSSR count). The average molecular weight is 240 g/mol. The van der Waals surface area contributed by atoms with Crippen molar-refractivity contribution in [2.75, 3.05) is 26.2 Å². The predicted molar refractivity (Wildman–Crippen MR) is 62.5 cm³/mol. The molecule has 5 heteroatoms. The molecule has 17 heavy (non-hydrogen) atoms. The maximum atomic E-state index is 12.3. The van der Waals surface area contributed by atoms with Crippen molar-refractivity contribution in [1.82, 2.24) is 10.2 Å². The van der Waals surface area contributed by atoms with Crippen molar-refractivity contribution in [1.29, 1.82) is 0 Å². The Labute approximate surface area is 101 Å². The monoisotopic (exact) mass is 240 g/mol. The SMILES string of the molecule is O=C(O)C1CCCC1C(=O)N1CCCNCC1. The first kappa shape index (κ1) is 12.4. The molecule has 1 saturated carbocycles. The van der Waals surface area contributed by atoms with Gasteiger partial charge in [0.05, 0.1) is 11.8 Å². The van der Waals surface area contributed by atoms with Gasteiger partial charge in [0.2, 0.25) is 5.91 Å². The number of carboxylic acids is 1. The lowest BCUT2D eigenvalue weighted by atomic mass is 9.94. The third-order valence-corrected chi connectivity index (χ3v) is 3.80. The van der Waals surface area contributed by atoms with Crippen LogP contribution in [0.15, 0.2) is 0 Å². The summed E-state index contributed by atoms with van der Waals surface area (Å²) in [7, 11) is 0. The summed E-state index contributed by atoms with van der Waals surface area (Å²) >= 11 is 0. The number of carbonyl (C=O) groups excluding carboxylic acids is 1. The van der Waals surface area contributed by atoms with E-state index in [1.165, 1.54) is 0 Å². The van der Waals surface area contributed by atoms with Gasteiger partial charge in [-0.15, -0.1) is 0 Å². The van der Waals surface area contributed by atoms with E-state index in [0.717, 1.165) is 38.9 Å². The molecule has 5 nitrogen and oxygen atoms in total. The van der Waals surface area contributed by atoms with Crippen LogP contribution in [-0.4, -0.2) is 48.1 Å². The minimum Gasteiger partial charge on any atom is -0.481 e. The molecule has 2 N–H and O–H groups in total. The van der Waals surface area contributed by atoms with Crippen molar-refractivity contribution >= 4 is 11.9 Å². The van der Waals surface area contributed by atoms with Crippen LogP contribution in [0.2, 0.25) is 0 Å². The summed E-state index contributed by atoms with van der Waals surface area (Å²) in [6.45, 7) is 3.23. The Bertz CT molecular complexity index is 298. The van der Waals surface area contributed by atoms with Gasteiger partial charge in [-0.1, -0.05) is 6.42 Å². The second-order valence-corrected chi connectivity index (χ2v) is 4.91. The normalized spacial score (nSPS) is 30.0. The van der Waals surface area contributed by atoms with Crippen molar-refractivity contribution in [3.63, 3.8) is 0 Å². The summed E-state index contributed by atoms with van der Waals surface area (Å²) < 4.78 is 0. The highest BCUT2D eigenvalue weighted by Crippen LogP contribution is 2.33. The number of carboxylic acid groups (broad SMARTS) is 1. The fraction of sp³-hybridized carbons (Fsp3) is 0.833. The van der Waals surface area contributed by atoms with Crippen molar-refractivity contribution in [3.05, 3.63) is 0 Å². The molecule has 2 fully saturated rings. The summed E-state index contributed by atoms with van der Waals surface area (Å²) in [5.74, 6) is -1.50. The minimum absolute atomic E-state index is 0.0543. The van der Waals surface area contributed by atoms with E-state index < -0.39 is 11.9 Å². The number of aliphatic carboxylic acids is 1. The van der Waals surface area contributed by atoms with Gasteiger partial charge >= 0.3 is 5.97 Å². The van der Waals surface area contributed by atoms with Gasteiger partial charge in [-0.05, 0) is 25.8 Å². The Kier molecular flexibility index (Phi) is 3.99. The van der Waals surface area contributed by atoms with Gasteiger partial charge in [-0.3, -0.25) is 9.59 Å². The van der Waals surface area contributed by atoms with E-state index in [9.17, 15) is 9.59 Å². The lowest BCUT2D eigenvalue weighted by molar-refractivity contribution is -0.149. The fourth-order valence-electron chi connectivity index (χ4n) is 2.85. The van der Waals surface area contributed by atoms with E-state index in [1.54, 1.807) is 0 Å². The molecule has 0 aromatic heterocycles. The summed E-state index contributed by atoms with van der Waals surface area (Å²) in [4.78, 5) is 25.2. The number of nitrogens with one attached hydrogen (secondary N) is 1. The lowest BCUT2D eigenvalue weighted by Crippen LogP contribution is -2.41. The van der Waals surface area contributed by atoms with Gasteiger partial charge in [0.1, 0.15) is 0 Å². The van der Waals surface area contributed by atoms with Crippen molar-refractivity contribution in [2.45, 2.75) is 25.7 Å². The number of carbonyl (C=O) groups is 2. The zero-order valence-electron chi connectivity index (χ0n) is 10.0. The molecule has 0 spiro atoms. The van der Waals surface area contributed by atoms with Crippen LogP contribution in [0.25, 0.3) is 0 Å². The molecule has 1 heterocycles. The Hall–Kier alpha value is -1.10. The first-order valence-corrected chi connectivity index (χ1v) is 6.42. The van der Waals surface area contributed by atoms with E-state index in [0.29, 0.717) is 13.0 Å². The zero-order chi connectivity index (χ0) is 12.3. The summed E-state index contributed by atoms with van der Waals surface area (Å²) in [6, 6.07) is 0. The molecule has 0 aromatic carbocycles. The van der Waals surface area contributed by atoms with Crippen LogP contribution in [0.1, 0.15) is 25.7 Å². The summed E-state index contributed by atoms with van der Waals surface area (Å²) in [6.07, 6.45) is 3.20. The molecule has 1 saturated heterocycles. The van der Waals surface area contributed by atoms with Gasteiger partial charge in [0.15, 0.2) is 0 Å². The number of nitrogens with zero attached hydrogens (tertiary/aromatic N) is 1. The van der Waals surface area contributed by atoms with Crippen molar-refractivity contribution < 1.29 is 14.7 Å². The third kappa shape index (κ3) is 2.77. The first-order chi connectivity index (χ1) is 8.20. The topological polar surface area (TPSA) is 69.6 Å². The Morgan fingerprint density at radius 3 is 2.59 bits per heavy atom. The second-order valence-electron chi connectivity index (χ2n) is 4.91. The van der Waals surface area contributed by atoms with Crippen LogP contribution < -0.4 is 5.32 Å². The molecule has 1 aliphatic carbocycles. The van der Waals surface area contributed by atoms with Gasteiger partial charge < -0.3 is 15.3 Å². The van der Waals surface area contributed by atoms with Gasteiger partial charge in [0, 0.05) is 19.6 Å². The van der Waals surface area contributed by atoms with Crippen molar-refractivity contribution in [2.24, 2.45) is 11.8 Å². The number of rotatable bonds is 2. The van der Waals surface area contributed by atoms with Crippen LogP contribution in [0.5, 0.6) is 0 Å². The van der Waals surface area contributed by atoms with E-state index in [4.69, 9.17) is 5.11 Å². The smallest absolute Gasteiger partial charge is 0.307 e. The standard InChI is InChI=1S/C12H20N2O3/c15-11(14-7-2-5-13-6-8-14)9-3-1-4-10(9)12(16)17/h9-10,13H,1-8H2,(H,16,17). The summed E-state index contributed by atoms with van der Waals surface area (Å²) in [5, 5.41) is 12.3. The molecule has 2 atom stereocenters. The largest absolute Gasteiger partial charge is 0.481 e. The minimum atomic E-state index is -0.811. The Morgan fingerprint density at radius 1 is 1.06 bits per heavy atom. The highest BCUT2D eigenvalue weighted by molar-refractivity contribution is 5.85. The van der Waals surface area contributed by atoms with Crippen LogP contribution in [0.4, 0.5) is 0 Å². The van der Waals surface area contributed by atoms with Gasteiger partial charge in [0.25, 0.3) is 0 Å². The maximum Gasteiger partial charge on any atom is 0.307 e. The highest BCUT2D eigenvalue weighted by Gasteiger charge is 2.39. The first-order valence-electron chi connectivity index (χ1n) is 6.42. The predicted octanol–water partition coefficient (Wildman–Crippen LogP) is 0.309. The third-order valence-electron chi connectivity index (χ3n) is 3.80. The number of hydrogen-bond acceptors (Lipinski definition) is 3. The molecule has 1 amide bonds. The number of amides is 1. The van der Waals surface area contributed by atoms with E-state index in [1.807, 2.05) is 4.90 Å². The molecular weight excluding hydrogens is 220 g/mol. The van der Waals surface area contributed by atoms with E-state index >= 15 is 0 Å². The zero-order valence-corrected chi connectivity index (χ0v) is 10.0. The molecule has 2 unspecified atom stereocenters. The molecule has 0 radical (unpaired) electrons. The fourth-order valence-corrected chi connectivity index (χ4v) is 2.85. The van der Waals surface area contributed by atoms with Crippen molar-refractivity contribution in [3.8, 4) is 0 Å². The molecule has 96 valence electrons. The maximum absolute atomic E-state index is 12.3. The average Bonchev–Trinajstić information content (AvgIpc) is 2.64. The molecule has 0 aromatic rings. The highest BCUT2D eigenvalue weighted by atomic mass is 16.4. The summed E-state index contributed by atoms with van der Waals surface area (Å²) in [5.41, 5.74) is 0. The Balaban J connectivity index is 2.00. The van der Waals surface area contributed by atoms with E-state index in [2.05, 4.69) is 5.32 Å². The lowest BCUT2D eigenvalue weighted by Gasteiger charge is -2.25.